The fourth-order valence-corrected chi connectivity index (χ4v) is 3.33. The molecule has 0 atom stereocenters. The number of carboxylic acid groups (broad SMARTS) is 1. The summed E-state index contributed by atoms with van der Waals surface area (Å²) in [5.41, 5.74) is 1.46. The van der Waals surface area contributed by atoms with E-state index in [9.17, 15) is 9.59 Å². The molecule has 0 bridgehead atoms. The molecule has 0 radical (unpaired) electrons. The summed E-state index contributed by atoms with van der Waals surface area (Å²) >= 11 is 1.21. The number of anilines is 1. The first-order valence-electron chi connectivity index (χ1n) is 7.41. The molecule has 2 aromatic heterocycles. The van der Waals surface area contributed by atoms with Gasteiger partial charge >= 0.3 is 5.97 Å². The number of nitrogens with zero attached hydrogens (tertiary/aromatic N) is 4. The van der Waals surface area contributed by atoms with Crippen LogP contribution in [0.2, 0.25) is 0 Å². The average molecular weight is 344 g/mol. The van der Waals surface area contributed by atoms with Crippen LogP contribution in [0.1, 0.15) is 11.3 Å². The molecule has 0 aliphatic carbocycles. The molecule has 0 spiro atoms. The zero-order valence-corrected chi connectivity index (χ0v) is 13.9. The van der Waals surface area contributed by atoms with Crippen molar-refractivity contribution in [3.8, 4) is 0 Å². The molecular formula is C16H16N4O3S. The Morgan fingerprint density at radius 3 is 2.79 bits per heavy atom. The first kappa shape index (κ1) is 16.1. The number of rotatable bonds is 6. The Balaban J connectivity index is 1.89. The van der Waals surface area contributed by atoms with E-state index in [0.717, 1.165) is 5.56 Å². The van der Waals surface area contributed by atoms with Gasteiger partial charge in [-0.25, -0.2) is 4.98 Å². The van der Waals surface area contributed by atoms with E-state index in [4.69, 9.17) is 5.11 Å². The van der Waals surface area contributed by atoms with Crippen LogP contribution in [0.4, 0.5) is 5.13 Å². The van der Waals surface area contributed by atoms with E-state index >= 15 is 0 Å². The lowest BCUT2D eigenvalue weighted by Crippen LogP contribution is -2.31. The zero-order valence-electron chi connectivity index (χ0n) is 13.0. The number of benzene rings is 1. The van der Waals surface area contributed by atoms with Crippen molar-refractivity contribution in [3.63, 3.8) is 0 Å². The Labute approximate surface area is 141 Å². The normalized spacial score (nSPS) is 10.9. The van der Waals surface area contributed by atoms with Crippen LogP contribution in [0.3, 0.4) is 0 Å². The van der Waals surface area contributed by atoms with E-state index in [1.165, 1.54) is 21.9 Å². The number of hydrogen-bond donors (Lipinski definition) is 1. The largest absolute Gasteiger partial charge is 0.480 e. The van der Waals surface area contributed by atoms with E-state index in [0.29, 0.717) is 28.8 Å². The van der Waals surface area contributed by atoms with Gasteiger partial charge in [0.25, 0.3) is 5.56 Å². The summed E-state index contributed by atoms with van der Waals surface area (Å²) in [7, 11) is 0. The minimum Gasteiger partial charge on any atom is -0.480 e. The van der Waals surface area contributed by atoms with Gasteiger partial charge < -0.3 is 10.0 Å². The van der Waals surface area contributed by atoms with Crippen LogP contribution < -0.4 is 10.5 Å². The number of aryl methyl sites for hydroxylation is 1. The lowest BCUT2D eigenvalue weighted by atomic mass is 10.1. The molecule has 3 aromatic rings. The molecule has 3 rings (SSSR count). The highest BCUT2D eigenvalue weighted by Gasteiger charge is 2.17. The second-order valence-electron chi connectivity index (χ2n) is 5.37. The molecular weight excluding hydrogens is 328 g/mol. The molecule has 1 aromatic carbocycles. The summed E-state index contributed by atoms with van der Waals surface area (Å²) in [6, 6.07) is 11.2. The van der Waals surface area contributed by atoms with Gasteiger partial charge in [0.05, 0.1) is 0 Å². The molecule has 0 amide bonds. The van der Waals surface area contributed by atoms with E-state index in [1.807, 2.05) is 30.3 Å². The fourth-order valence-electron chi connectivity index (χ4n) is 2.35. The summed E-state index contributed by atoms with van der Waals surface area (Å²) in [6.45, 7) is 2.05. The van der Waals surface area contributed by atoms with Crippen LogP contribution in [0.25, 0.3) is 4.96 Å². The summed E-state index contributed by atoms with van der Waals surface area (Å²) in [4.78, 5) is 29.6. The second kappa shape index (κ2) is 6.79. The van der Waals surface area contributed by atoms with E-state index < -0.39 is 5.97 Å². The Hall–Kier alpha value is -2.74. The zero-order chi connectivity index (χ0) is 17.1. The number of hydrogen-bond acceptors (Lipinski definition) is 6. The third-order valence-electron chi connectivity index (χ3n) is 3.47. The maximum absolute atomic E-state index is 12.0. The molecule has 0 fully saturated rings. The van der Waals surface area contributed by atoms with Crippen molar-refractivity contribution in [3.05, 3.63) is 58.0 Å². The molecule has 0 unspecified atom stereocenters. The third-order valence-corrected chi connectivity index (χ3v) is 4.44. The second-order valence-corrected chi connectivity index (χ2v) is 6.30. The van der Waals surface area contributed by atoms with Crippen molar-refractivity contribution < 1.29 is 9.90 Å². The highest BCUT2D eigenvalue weighted by molar-refractivity contribution is 7.20. The van der Waals surface area contributed by atoms with Crippen molar-refractivity contribution in [2.24, 2.45) is 0 Å². The molecule has 8 heteroatoms. The summed E-state index contributed by atoms with van der Waals surface area (Å²) in [5.74, 6) is -0.946. The SMILES string of the molecule is Cc1cc(=O)n2nc(N(CCc3ccccc3)CC(=O)O)sc2n1. The monoisotopic (exact) mass is 344 g/mol. The number of fused-ring (bicyclic) bond motifs is 1. The van der Waals surface area contributed by atoms with Crippen molar-refractivity contribution in [1.29, 1.82) is 0 Å². The molecule has 1 N–H and O–H groups in total. The van der Waals surface area contributed by atoms with E-state index in [-0.39, 0.29) is 12.1 Å². The Bertz CT molecular complexity index is 920. The first-order valence-corrected chi connectivity index (χ1v) is 8.23. The standard InChI is InChI=1S/C16H16N4O3S/c1-11-9-13(21)20-15(17-11)24-16(18-20)19(10-14(22)23)8-7-12-5-3-2-4-6-12/h2-6,9H,7-8,10H2,1H3,(H,22,23). The Morgan fingerprint density at radius 1 is 1.33 bits per heavy atom. The maximum Gasteiger partial charge on any atom is 0.323 e. The highest BCUT2D eigenvalue weighted by Crippen LogP contribution is 2.21. The van der Waals surface area contributed by atoms with Crippen molar-refractivity contribution in [1.82, 2.24) is 14.6 Å². The number of aromatic nitrogens is 3. The number of carboxylic acids is 1. The van der Waals surface area contributed by atoms with E-state index in [2.05, 4.69) is 10.1 Å². The predicted molar refractivity (Wildman–Crippen MR) is 91.9 cm³/mol. The number of carbonyl (C=O) groups is 1. The van der Waals surface area contributed by atoms with Gasteiger partial charge in [-0.05, 0) is 18.9 Å². The third kappa shape index (κ3) is 3.60. The highest BCUT2D eigenvalue weighted by atomic mass is 32.1. The quantitative estimate of drug-likeness (QED) is 0.731. The Kier molecular flexibility index (Phi) is 4.57. The minimum atomic E-state index is -0.946. The van der Waals surface area contributed by atoms with Crippen molar-refractivity contribution >= 4 is 27.4 Å². The minimum absolute atomic E-state index is 0.180. The van der Waals surface area contributed by atoms with Gasteiger partial charge in [0.15, 0.2) is 0 Å². The van der Waals surface area contributed by atoms with Gasteiger partial charge in [-0.1, -0.05) is 41.7 Å². The van der Waals surface area contributed by atoms with Gasteiger partial charge in [0.1, 0.15) is 6.54 Å². The van der Waals surface area contributed by atoms with Crippen LogP contribution in [-0.2, 0) is 11.2 Å². The lowest BCUT2D eigenvalue weighted by Gasteiger charge is -2.18. The molecule has 124 valence electrons. The average Bonchev–Trinajstić information content (AvgIpc) is 2.96. The summed E-state index contributed by atoms with van der Waals surface area (Å²) in [5, 5.41) is 13.9. The maximum atomic E-state index is 12.0. The van der Waals surface area contributed by atoms with Gasteiger partial charge in [0, 0.05) is 18.3 Å². The smallest absolute Gasteiger partial charge is 0.323 e. The summed E-state index contributed by atoms with van der Waals surface area (Å²) in [6.07, 6.45) is 0.686. The number of aliphatic carboxylic acids is 1. The Morgan fingerprint density at radius 2 is 2.08 bits per heavy atom. The fraction of sp³-hybridized carbons (Fsp3) is 0.250. The van der Waals surface area contributed by atoms with Crippen LogP contribution in [-0.4, -0.2) is 38.8 Å². The van der Waals surface area contributed by atoms with Crippen molar-refractivity contribution in [2.75, 3.05) is 18.0 Å². The first-order chi connectivity index (χ1) is 11.5. The van der Waals surface area contributed by atoms with Gasteiger partial charge in [0.2, 0.25) is 10.1 Å². The lowest BCUT2D eigenvalue weighted by molar-refractivity contribution is -0.135. The van der Waals surface area contributed by atoms with Gasteiger partial charge in [-0.15, -0.1) is 5.10 Å². The summed E-state index contributed by atoms with van der Waals surface area (Å²) < 4.78 is 1.21. The van der Waals surface area contributed by atoms with Gasteiger partial charge in [-0.3, -0.25) is 9.59 Å². The molecule has 0 saturated carbocycles. The predicted octanol–water partition coefficient (Wildman–Crippen LogP) is 1.59. The topological polar surface area (TPSA) is 87.8 Å². The van der Waals surface area contributed by atoms with Crippen LogP contribution in [0, 0.1) is 6.92 Å². The molecule has 7 nitrogen and oxygen atoms in total. The molecule has 0 aliphatic rings. The van der Waals surface area contributed by atoms with Gasteiger partial charge in [-0.2, -0.15) is 4.52 Å². The van der Waals surface area contributed by atoms with Crippen LogP contribution in [0.5, 0.6) is 0 Å². The van der Waals surface area contributed by atoms with Crippen molar-refractivity contribution in [2.45, 2.75) is 13.3 Å². The molecule has 0 aliphatic heterocycles. The van der Waals surface area contributed by atoms with Crippen LogP contribution >= 0.6 is 11.3 Å². The van der Waals surface area contributed by atoms with E-state index in [1.54, 1.807) is 11.8 Å². The molecule has 0 saturated heterocycles. The molecule has 2 heterocycles. The van der Waals surface area contributed by atoms with Crippen LogP contribution in [0.15, 0.2) is 41.2 Å². The molecule has 24 heavy (non-hydrogen) atoms.